The van der Waals surface area contributed by atoms with Crippen LogP contribution in [0, 0.1) is 0 Å². The molecule has 1 unspecified atom stereocenters. The first-order valence-corrected chi connectivity index (χ1v) is 10.9. The van der Waals surface area contributed by atoms with E-state index in [0.717, 1.165) is 6.54 Å². The van der Waals surface area contributed by atoms with E-state index in [1.54, 1.807) is 0 Å². The molecule has 148 valence electrons. The van der Waals surface area contributed by atoms with Crippen molar-refractivity contribution in [2.75, 3.05) is 0 Å². The van der Waals surface area contributed by atoms with Crippen LogP contribution in [0.25, 0.3) is 21.8 Å². The maximum atomic E-state index is 3.96. The Labute approximate surface area is 172 Å². The summed E-state index contributed by atoms with van der Waals surface area (Å²) in [6.07, 6.45) is 6.62. The zero-order chi connectivity index (χ0) is 19.5. The highest BCUT2D eigenvalue weighted by molar-refractivity contribution is 6.08. The highest BCUT2D eigenvalue weighted by atomic mass is 15.3. The number of para-hydroxylation sites is 2. The maximum Gasteiger partial charge on any atom is 0.139 e. The number of fused-ring (bicyclic) bond motifs is 3. The zero-order valence-corrected chi connectivity index (χ0v) is 16.9. The van der Waals surface area contributed by atoms with Gasteiger partial charge in [0.1, 0.15) is 6.29 Å². The first-order chi connectivity index (χ1) is 14.4. The van der Waals surface area contributed by atoms with E-state index < -0.39 is 0 Å². The maximum absolute atomic E-state index is 3.96. The lowest BCUT2D eigenvalue weighted by atomic mass is 9.95. The molecule has 0 radical (unpaired) electrons. The summed E-state index contributed by atoms with van der Waals surface area (Å²) in [5, 5.41) is 10.4. The minimum atomic E-state index is 0.0584. The van der Waals surface area contributed by atoms with Crippen LogP contribution in [0.2, 0.25) is 0 Å². The molecule has 2 N–H and O–H groups in total. The Morgan fingerprint density at radius 3 is 1.97 bits per heavy atom. The molecular weight excluding hydrogens is 354 g/mol. The fraction of sp³-hybridized carbons (Fsp3) is 0.308. The van der Waals surface area contributed by atoms with Gasteiger partial charge >= 0.3 is 0 Å². The van der Waals surface area contributed by atoms with Gasteiger partial charge in [-0.05, 0) is 30.5 Å². The third kappa shape index (κ3) is 3.81. The molecule has 1 saturated carbocycles. The summed E-state index contributed by atoms with van der Waals surface area (Å²) in [6, 6.07) is 28.8. The van der Waals surface area contributed by atoms with Crippen molar-refractivity contribution in [3.05, 3.63) is 84.4 Å². The van der Waals surface area contributed by atoms with E-state index in [2.05, 4.69) is 94.1 Å². The molecule has 5 rings (SSSR count). The van der Waals surface area contributed by atoms with Crippen molar-refractivity contribution in [1.82, 2.24) is 15.2 Å². The van der Waals surface area contributed by atoms with E-state index in [-0.39, 0.29) is 6.29 Å². The van der Waals surface area contributed by atoms with Crippen molar-refractivity contribution >= 4 is 21.8 Å². The third-order valence-electron chi connectivity index (χ3n) is 6.22. The largest absolute Gasteiger partial charge is 0.311 e. The topological polar surface area (TPSA) is 29.0 Å². The van der Waals surface area contributed by atoms with Crippen LogP contribution in [-0.4, -0.2) is 10.6 Å². The lowest BCUT2D eigenvalue weighted by Crippen LogP contribution is -2.44. The summed E-state index contributed by atoms with van der Waals surface area (Å²) in [6.45, 7) is 0.839. The summed E-state index contributed by atoms with van der Waals surface area (Å²) < 4.78 is 2.46. The fourth-order valence-corrected chi connectivity index (χ4v) is 4.76. The highest BCUT2D eigenvalue weighted by Gasteiger charge is 2.22. The number of nitrogens with one attached hydrogen (secondary N) is 2. The summed E-state index contributed by atoms with van der Waals surface area (Å²) in [5.74, 6) is 0. The molecule has 1 atom stereocenters. The molecule has 1 heterocycles. The van der Waals surface area contributed by atoms with Crippen LogP contribution in [0.4, 0.5) is 0 Å². The minimum Gasteiger partial charge on any atom is -0.311 e. The molecule has 0 aliphatic heterocycles. The summed E-state index contributed by atoms with van der Waals surface area (Å²) in [5.41, 5.74) is 3.87. The average Bonchev–Trinajstić information content (AvgIpc) is 3.13. The van der Waals surface area contributed by atoms with Crippen LogP contribution in [0.3, 0.4) is 0 Å². The smallest absolute Gasteiger partial charge is 0.139 e. The Morgan fingerprint density at radius 2 is 1.31 bits per heavy atom. The number of hydrogen-bond donors (Lipinski definition) is 2. The SMILES string of the molecule is c1ccc(CNC(NC2CCCCC2)n2c3ccccc3c3ccccc32)cc1. The normalized spacial score (nSPS) is 16.4. The van der Waals surface area contributed by atoms with Crippen molar-refractivity contribution in [1.29, 1.82) is 0 Å². The van der Waals surface area contributed by atoms with Crippen molar-refractivity contribution < 1.29 is 0 Å². The quantitative estimate of drug-likeness (QED) is 0.402. The van der Waals surface area contributed by atoms with E-state index in [0.29, 0.717) is 6.04 Å². The van der Waals surface area contributed by atoms with E-state index in [4.69, 9.17) is 0 Å². The number of nitrogens with zero attached hydrogens (tertiary/aromatic N) is 1. The van der Waals surface area contributed by atoms with Gasteiger partial charge in [-0.2, -0.15) is 0 Å². The second-order valence-electron chi connectivity index (χ2n) is 8.17. The van der Waals surface area contributed by atoms with Gasteiger partial charge in [0, 0.05) is 23.4 Å². The van der Waals surface area contributed by atoms with E-state index in [1.807, 2.05) is 0 Å². The predicted octanol–water partition coefficient (Wildman–Crippen LogP) is 5.96. The summed E-state index contributed by atoms with van der Waals surface area (Å²) in [7, 11) is 0. The lowest BCUT2D eigenvalue weighted by molar-refractivity contribution is 0.261. The third-order valence-corrected chi connectivity index (χ3v) is 6.22. The second kappa shape index (κ2) is 8.40. The lowest BCUT2D eigenvalue weighted by Gasteiger charge is -2.31. The first kappa shape index (κ1) is 18.4. The zero-order valence-electron chi connectivity index (χ0n) is 16.9. The molecule has 1 fully saturated rings. The Kier molecular flexibility index (Phi) is 5.33. The van der Waals surface area contributed by atoms with Crippen LogP contribution in [0.1, 0.15) is 44.0 Å². The van der Waals surface area contributed by atoms with Crippen LogP contribution in [0.15, 0.2) is 78.9 Å². The van der Waals surface area contributed by atoms with E-state index in [9.17, 15) is 0 Å². The van der Waals surface area contributed by atoms with Gasteiger partial charge in [-0.25, -0.2) is 0 Å². The Balaban J connectivity index is 1.55. The fourth-order valence-electron chi connectivity index (χ4n) is 4.76. The molecule has 0 amide bonds. The minimum absolute atomic E-state index is 0.0584. The molecule has 1 aliphatic rings. The Morgan fingerprint density at radius 1 is 0.724 bits per heavy atom. The average molecular weight is 384 g/mol. The monoisotopic (exact) mass is 383 g/mol. The van der Waals surface area contributed by atoms with Crippen LogP contribution in [-0.2, 0) is 6.54 Å². The van der Waals surface area contributed by atoms with Crippen molar-refractivity contribution in [2.24, 2.45) is 0 Å². The molecule has 3 heteroatoms. The Hall–Kier alpha value is -2.62. The van der Waals surface area contributed by atoms with E-state index >= 15 is 0 Å². The molecule has 3 nitrogen and oxygen atoms in total. The van der Waals surface area contributed by atoms with E-state index in [1.165, 1.54) is 59.5 Å². The molecule has 0 saturated heterocycles. The second-order valence-corrected chi connectivity index (χ2v) is 8.17. The van der Waals surface area contributed by atoms with Gasteiger partial charge in [-0.3, -0.25) is 10.6 Å². The predicted molar refractivity (Wildman–Crippen MR) is 122 cm³/mol. The number of aromatic nitrogens is 1. The van der Waals surface area contributed by atoms with Gasteiger partial charge in [0.15, 0.2) is 0 Å². The van der Waals surface area contributed by atoms with Crippen LogP contribution in [0.5, 0.6) is 0 Å². The van der Waals surface area contributed by atoms with Gasteiger partial charge in [0.05, 0.1) is 11.0 Å². The van der Waals surface area contributed by atoms with Gasteiger partial charge in [-0.15, -0.1) is 0 Å². The molecule has 4 aromatic rings. The molecular formula is C26H29N3. The molecule has 3 aromatic carbocycles. The summed E-state index contributed by atoms with van der Waals surface area (Å²) >= 11 is 0. The standard InChI is InChI=1S/C26H29N3/c1-3-11-20(12-4-1)19-27-26(28-21-13-5-2-6-14-21)29-24-17-9-7-15-22(24)23-16-8-10-18-25(23)29/h1,3-4,7-12,15-18,21,26-28H,2,5-6,13-14,19H2. The Bertz CT molecular complexity index is 1020. The van der Waals surface area contributed by atoms with Crippen LogP contribution < -0.4 is 10.6 Å². The number of benzene rings is 3. The van der Waals surface area contributed by atoms with Crippen molar-refractivity contribution in [3.63, 3.8) is 0 Å². The number of rotatable bonds is 6. The van der Waals surface area contributed by atoms with Crippen molar-refractivity contribution in [3.8, 4) is 0 Å². The van der Waals surface area contributed by atoms with Crippen molar-refractivity contribution in [2.45, 2.75) is 51.0 Å². The number of hydrogen-bond acceptors (Lipinski definition) is 2. The van der Waals surface area contributed by atoms with Gasteiger partial charge in [-0.1, -0.05) is 86.0 Å². The van der Waals surface area contributed by atoms with Gasteiger partial charge in [0.2, 0.25) is 0 Å². The molecule has 1 aliphatic carbocycles. The molecule has 0 bridgehead atoms. The van der Waals surface area contributed by atoms with Crippen LogP contribution >= 0.6 is 0 Å². The summed E-state index contributed by atoms with van der Waals surface area (Å²) in [4.78, 5) is 0. The molecule has 0 spiro atoms. The molecule has 1 aromatic heterocycles. The molecule has 29 heavy (non-hydrogen) atoms. The highest BCUT2D eigenvalue weighted by Crippen LogP contribution is 2.31. The first-order valence-electron chi connectivity index (χ1n) is 10.9. The van der Waals surface area contributed by atoms with Gasteiger partial charge < -0.3 is 4.57 Å². The van der Waals surface area contributed by atoms with Gasteiger partial charge in [0.25, 0.3) is 0 Å².